The zero-order chi connectivity index (χ0) is 28.4. The van der Waals surface area contributed by atoms with E-state index in [-0.39, 0.29) is 5.56 Å². The number of hydrogen-bond donors (Lipinski definition) is 1. The van der Waals surface area contributed by atoms with Crippen LogP contribution in [-0.4, -0.2) is 79.9 Å². The van der Waals surface area contributed by atoms with E-state index in [4.69, 9.17) is 28.4 Å². The maximum atomic E-state index is 13.0. The first kappa shape index (κ1) is 29.8. The lowest BCUT2D eigenvalue weighted by molar-refractivity contribution is -0.200. The van der Waals surface area contributed by atoms with Gasteiger partial charge >= 0.3 is 29.8 Å². The normalized spacial score (nSPS) is 19.8. The summed E-state index contributed by atoms with van der Waals surface area (Å²) >= 11 is 0. The third-order valence-corrected chi connectivity index (χ3v) is 5.05. The van der Waals surface area contributed by atoms with Crippen molar-refractivity contribution in [1.29, 1.82) is 0 Å². The van der Waals surface area contributed by atoms with Crippen LogP contribution in [0.2, 0.25) is 0 Å². The van der Waals surface area contributed by atoms with Gasteiger partial charge in [-0.25, -0.2) is 4.79 Å². The summed E-state index contributed by atoms with van der Waals surface area (Å²) in [5, 5.41) is 2.65. The average molecular weight is 536 g/mol. The molecule has 0 fully saturated rings. The topological polar surface area (TPSA) is 170 Å². The molecule has 13 nitrogen and oxygen atoms in total. The highest BCUT2D eigenvalue weighted by Gasteiger charge is 2.49. The number of rotatable bonds is 10. The quantitative estimate of drug-likeness (QED) is 0.327. The summed E-state index contributed by atoms with van der Waals surface area (Å²) in [7, 11) is 1.09. The number of nitrogens with one attached hydrogen (secondary N) is 1. The zero-order valence-corrected chi connectivity index (χ0v) is 21.5. The number of amides is 1. The average Bonchev–Trinajstić information content (AvgIpc) is 2.85. The molecule has 0 radical (unpaired) electrons. The molecule has 0 spiro atoms. The lowest BCUT2D eigenvalue weighted by Crippen LogP contribution is -2.60. The highest BCUT2D eigenvalue weighted by atomic mass is 16.6. The molecule has 1 aliphatic rings. The van der Waals surface area contributed by atoms with Gasteiger partial charge in [-0.2, -0.15) is 0 Å². The van der Waals surface area contributed by atoms with Crippen molar-refractivity contribution in [2.45, 2.75) is 58.2 Å². The van der Waals surface area contributed by atoms with E-state index in [1.54, 1.807) is 18.2 Å². The summed E-state index contributed by atoms with van der Waals surface area (Å²) < 4.78 is 31.5. The Labute approximate surface area is 218 Å². The van der Waals surface area contributed by atoms with Gasteiger partial charge in [0.15, 0.2) is 24.4 Å². The maximum Gasteiger partial charge on any atom is 0.373 e. The lowest BCUT2D eigenvalue weighted by atomic mass is 9.93. The fourth-order valence-electron chi connectivity index (χ4n) is 3.62. The van der Waals surface area contributed by atoms with E-state index >= 15 is 0 Å². The van der Waals surface area contributed by atoms with Crippen molar-refractivity contribution in [3.05, 3.63) is 47.7 Å². The summed E-state index contributed by atoms with van der Waals surface area (Å²) in [5.41, 5.74) is 0.259. The molecular formula is C25H29NO12. The molecule has 0 unspecified atom stereocenters. The Morgan fingerprint density at radius 2 is 1.53 bits per heavy atom. The highest BCUT2D eigenvalue weighted by Crippen LogP contribution is 2.29. The molecule has 0 aliphatic carbocycles. The van der Waals surface area contributed by atoms with Crippen LogP contribution in [0.25, 0.3) is 0 Å². The minimum Gasteiger partial charge on any atom is -0.475 e. The lowest BCUT2D eigenvalue weighted by Gasteiger charge is -2.41. The number of carbonyl (C=O) groups is 6. The van der Waals surface area contributed by atoms with E-state index in [0.717, 1.165) is 34.8 Å². The minimum atomic E-state index is -1.58. The zero-order valence-electron chi connectivity index (χ0n) is 21.5. The summed E-state index contributed by atoms with van der Waals surface area (Å²) in [6, 6.07) is 6.85. The minimum absolute atomic E-state index is 0.259. The number of methoxy groups -OCH3 is 1. The smallest absolute Gasteiger partial charge is 0.373 e. The van der Waals surface area contributed by atoms with Crippen LogP contribution in [-0.2, 0) is 52.4 Å². The van der Waals surface area contributed by atoms with E-state index in [0.29, 0.717) is 0 Å². The van der Waals surface area contributed by atoms with Crippen molar-refractivity contribution in [1.82, 2.24) is 5.32 Å². The Hall–Kier alpha value is -4.42. The molecule has 1 aromatic carbocycles. The Morgan fingerprint density at radius 3 is 2.05 bits per heavy atom. The SMILES string of the molecule is COC(=O)C1=C[C@H](NC(=O)c2ccccc2)[C@@H](OC(C)=O)[C@H]([C@@H](OC(C)=O)[C@@H](COC(C)=O)OC(C)=O)O1. The fraction of sp³-hybridized carbons (Fsp3) is 0.440. The van der Waals surface area contributed by atoms with E-state index in [9.17, 15) is 28.8 Å². The Morgan fingerprint density at radius 1 is 0.895 bits per heavy atom. The number of ether oxygens (including phenoxy) is 6. The molecule has 1 aromatic rings. The summed E-state index contributed by atoms with van der Waals surface area (Å²) in [6.07, 6.45) is -4.80. The first-order valence-corrected chi connectivity index (χ1v) is 11.4. The van der Waals surface area contributed by atoms with Crippen LogP contribution in [0.15, 0.2) is 42.2 Å². The molecule has 1 heterocycles. The second-order valence-electron chi connectivity index (χ2n) is 8.07. The molecule has 5 atom stereocenters. The molecule has 13 heteroatoms. The van der Waals surface area contributed by atoms with Crippen LogP contribution >= 0.6 is 0 Å². The van der Waals surface area contributed by atoms with E-state index in [1.807, 2.05) is 0 Å². The molecule has 1 N–H and O–H groups in total. The predicted octanol–water partition coefficient (Wildman–Crippen LogP) is 0.599. The molecule has 2 rings (SSSR count). The van der Waals surface area contributed by atoms with Crippen LogP contribution < -0.4 is 5.32 Å². The maximum absolute atomic E-state index is 13.0. The van der Waals surface area contributed by atoms with Gasteiger partial charge in [-0.15, -0.1) is 0 Å². The summed E-state index contributed by atoms with van der Waals surface area (Å²) in [5.74, 6) is -5.17. The Bertz CT molecular complexity index is 1080. The van der Waals surface area contributed by atoms with Crippen LogP contribution in [0.5, 0.6) is 0 Å². The molecule has 1 amide bonds. The van der Waals surface area contributed by atoms with Gasteiger partial charge in [0.05, 0.1) is 13.2 Å². The van der Waals surface area contributed by atoms with Crippen molar-refractivity contribution in [3.8, 4) is 0 Å². The van der Waals surface area contributed by atoms with E-state index in [2.05, 4.69) is 5.32 Å². The van der Waals surface area contributed by atoms with Crippen molar-refractivity contribution in [2.75, 3.05) is 13.7 Å². The second kappa shape index (κ2) is 13.8. The number of carbonyl (C=O) groups excluding carboxylic acids is 6. The fourth-order valence-corrected chi connectivity index (χ4v) is 3.62. The van der Waals surface area contributed by atoms with Gasteiger partial charge in [0.1, 0.15) is 6.61 Å². The summed E-state index contributed by atoms with van der Waals surface area (Å²) in [4.78, 5) is 72.8. The van der Waals surface area contributed by atoms with Gasteiger partial charge in [0.2, 0.25) is 5.76 Å². The molecule has 1 aliphatic heterocycles. The van der Waals surface area contributed by atoms with Crippen molar-refractivity contribution in [2.24, 2.45) is 0 Å². The van der Waals surface area contributed by atoms with Crippen molar-refractivity contribution >= 4 is 35.8 Å². The van der Waals surface area contributed by atoms with Crippen LogP contribution in [0, 0.1) is 0 Å². The van der Waals surface area contributed by atoms with Gasteiger partial charge < -0.3 is 33.7 Å². The van der Waals surface area contributed by atoms with Gasteiger partial charge in [0.25, 0.3) is 5.91 Å². The molecule has 206 valence electrons. The molecule has 0 aromatic heterocycles. The second-order valence-corrected chi connectivity index (χ2v) is 8.07. The van der Waals surface area contributed by atoms with Gasteiger partial charge in [0, 0.05) is 33.3 Å². The Balaban J connectivity index is 2.60. The molecule has 0 saturated heterocycles. The number of esters is 5. The molecule has 38 heavy (non-hydrogen) atoms. The third-order valence-electron chi connectivity index (χ3n) is 5.05. The number of benzene rings is 1. The van der Waals surface area contributed by atoms with E-state index in [1.165, 1.54) is 18.2 Å². The monoisotopic (exact) mass is 535 g/mol. The van der Waals surface area contributed by atoms with Crippen molar-refractivity contribution < 1.29 is 57.2 Å². The summed E-state index contributed by atoms with van der Waals surface area (Å²) in [6.45, 7) is 3.75. The van der Waals surface area contributed by atoms with Crippen LogP contribution in [0.1, 0.15) is 38.1 Å². The number of hydrogen-bond acceptors (Lipinski definition) is 12. The van der Waals surface area contributed by atoms with Crippen molar-refractivity contribution in [3.63, 3.8) is 0 Å². The standard InChI is InChI=1S/C25H29NO12/c1-13(27)34-12-20(35-14(2)28)22(37-16(4)30)23-21(36-15(3)29)18(11-19(38-23)25(32)33-5)26-24(31)17-9-7-6-8-10-17/h6-11,18,20-23H,12H2,1-5H3,(H,26,31)/t18-,20+,21+,22-,23+/m0/s1. The highest BCUT2D eigenvalue weighted by molar-refractivity contribution is 5.95. The first-order valence-electron chi connectivity index (χ1n) is 11.4. The van der Waals surface area contributed by atoms with Gasteiger partial charge in [-0.3, -0.25) is 24.0 Å². The van der Waals surface area contributed by atoms with Gasteiger partial charge in [-0.1, -0.05) is 18.2 Å². The molecule has 0 bridgehead atoms. The predicted molar refractivity (Wildman–Crippen MR) is 126 cm³/mol. The van der Waals surface area contributed by atoms with E-state index < -0.39 is 78.6 Å². The first-order chi connectivity index (χ1) is 17.9. The van der Waals surface area contributed by atoms with Crippen LogP contribution in [0.4, 0.5) is 0 Å². The van der Waals surface area contributed by atoms with Crippen LogP contribution in [0.3, 0.4) is 0 Å². The largest absolute Gasteiger partial charge is 0.475 e. The molecular weight excluding hydrogens is 506 g/mol. The Kier molecular flexibility index (Phi) is 10.8. The third kappa shape index (κ3) is 8.61. The molecule has 0 saturated carbocycles. The van der Waals surface area contributed by atoms with Gasteiger partial charge in [-0.05, 0) is 18.2 Å².